The molecule has 22 heavy (non-hydrogen) atoms. The number of ether oxygens (including phenoxy) is 1. The first-order chi connectivity index (χ1) is 10.0. The first kappa shape index (κ1) is 18.8. The zero-order valence-corrected chi connectivity index (χ0v) is 14.9. The van der Waals surface area contributed by atoms with E-state index in [4.69, 9.17) is 16.3 Å². The molecule has 1 aromatic carbocycles. The van der Waals surface area contributed by atoms with Crippen molar-refractivity contribution in [3.8, 4) is 0 Å². The molecule has 2 unspecified atom stereocenters. The van der Waals surface area contributed by atoms with Gasteiger partial charge in [0, 0.05) is 18.5 Å². The van der Waals surface area contributed by atoms with Crippen LogP contribution in [0.5, 0.6) is 0 Å². The number of nitrogens with zero attached hydrogens (tertiary/aromatic N) is 1. The molecule has 0 aliphatic heterocycles. The van der Waals surface area contributed by atoms with Crippen molar-refractivity contribution < 1.29 is 14.6 Å². The number of aliphatic hydroxyl groups excluding tert-OH is 1. The Morgan fingerprint density at radius 2 is 2.00 bits per heavy atom. The first-order valence-corrected chi connectivity index (χ1v) is 7.78. The lowest BCUT2D eigenvalue weighted by atomic mass is 10.0. The van der Waals surface area contributed by atoms with Crippen LogP contribution in [0.25, 0.3) is 0 Å². The Hall–Kier alpha value is -1.26. The fraction of sp³-hybridized carbons (Fsp3) is 0.588. The second kappa shape index (κ2) is 7.34. The number of aliphatic hydroxyl groups is 1. The van der Waals surface area contributed by atoms with Gasteiger partial charge in [-0.1, -0.05) is 23.7 Å². The Bertz CT molecular complexity index is 525. The average molecular weight is 328 g/mol. The quantitative estimate of drug-likeness (QED) is 0.915. The van der Waals surface area contributed by atoms with Crippen LogP contribution in [0.3, 0.4) is 0 Å². The van der Waals surface area contributed by atoms with Crippen LogP contribution in [0.1, 0.15) is 38.8 Å². The van der Waals surface area contributed by atoms with Gasteiger partial charge in [-0.15, -0.1) is 0 Å². The number of likely N-dealkylation sites (N-methyl/N-ethyl adjacent to an activating group) is 1. The van der Waals surface area contributed by atoms with E-state index in [1.165, 1.54) is 4.90 Å². The van der Waals surface area contributed by atoms with Crippen molar-refractivity contribution in [2.24, 2.45) is 0 Å². The lowest BCUT2D eigenvalue weighted by Gasteiger charge is -2.31. The van der Waals surface area contributed by atoms with Crippen LogP contribution in [0.15, 0.2) is 18.2 Å². The molecule has 2 atom stereocenters. The summed E-state index contributed by atoms with van der Waals surface area (Å²) in [5, 5.41) is 11.1. The van der Waals surface area contributed by atoms with E-state index in [0.717, 1.165) is 11.1 Å². The minimum atomic E-state index is -0.682. The average Bonchev–Trinajstić information content (AvgIpc) is 2.39. The van der Waals surface area contributed by atoms with Gasteiger partial charge in [-0.05, 0) is 51.8 Å². The summed E-state index contributed by atoms with van der Waals surface area (Å²) in [4.78, 5) is 13.5. The van der Waals surface area contributed by atoms with E-state index in [2.05, 4.69) is 0 Å². The fourth-order valence-electron chi connectivity index (χ4n) is 2.00. The smallest absolute Gasteiger partial charge is 0.410 e. The normalized spacial score (nSPS) is 14.4. The van der Waals surface area contributed by atoms with Crippen molar-refractivity contribution in [1.82, 2.24) is 4.90 Å². The number of carbonyl (C=O) groups is 1. The van der Waals surface area contributed by atoms with Crippen LogP contribution in [0.4, 0.5) is 4.79 Å². The number of hydrogen-bond donors (Lipinski definition) is 1. The molecule has 0 aliphatic carbocycles. The summed E-state index contributed by atoms with van der Waals surface area (Å²) in [6.07, 6.45) is -0.670. The summed E-state index contributed by atoms with van der Waals surface area (Å²) >= 11 is 6.00. The molecular weight excluding hydrogens is 302 g/mol. The van der Waals surface area contributed by atoms with Crippen LogP contribution in [-0.2, 0) is 11.2 Å². The largest absolute Gasteiger partial charge is 0.444 e. The molecule has 0 heterocycles. The molecule has 5 heteroatoms. The van der Waals surface area contributed by atoms with Crippen molar-refractivity contribution in [2.45, 2.75) is 58.8 Å². The zero-order valence-electron chi connectivity index (χ0n) is 14.2. The van der Waals surface area contributed by atoms with Gasteiger partial charge < -0.3 is 14.7 Å². The van der Waals surface area contributed by atoms with E-state index in [1.807, 2.05) is 45.9 Å². The Morgan fingerprint density at radius 3 is 2.50 bits per heavy atom. The van der Waals surface area contributed by atoms with Crippen LogP contribution < -0.4 is 0 Å². The monoisotopic (exact) mass is 327 g/mol. The number of amides is 1. The predicted molar refractivity (Wildman–Crippen MR) is 89.4 cm³/mol. The topological polar surface area (TPSA) is 49.8 Å². The molecule has 1 N–H and O–H groups in total. The highest BCUT2D eigenvalue weighted by atomic mass is 35.5. The summed E-state index contributed by atoms with van der Waals surface area (Å²) in [5.74, 6) is 0. The maximum Gasteiger partial charge on any atom is 0.410 e. The van der Waals surface area contributed by atoms with Crippen LogP contribution in [0.2, 0.25) is 5.02 Å². The standard InChI is InChI=1S/C17H26ClNO3/c1-11-9-13(7-8-14(11)18)10-15(20)12(2)19(6)16(21)22-17(3,4)5/h7-9,12,15,20H,10H2,1-6H3. The molecule has 0 radical (unpaired) electrons. The van der Waals surface area contributed by atoms with Crippen LogP contribution in [0, 0.1) is 6.92 Å². The predicted octanol–water partition coefficient (Wildman–Crippen LogP) is 3.81. The highest BCUT2D eigenvalue weighted by molar-refractivity contribution is 6.31. The van der Waals surface area contributed by atoms with E-state index in [9.17, 15) is 9.90 Å². The van der Waals surface area contributed by atoms with Crippen LogP contribution >= 0.6 is 11.6 Å². The Labute approximate surface area is 138 Å². The molecule has 1 aromatic rings. The Morgan fingerprint density at radius 1 is 1.41 bits per heavy atom. The highest BCUT2D eigenvalue weighted by Gasteiger charge is 2.27. The molecule has 0 fully saturated rings. The maximum atomic E-state index is 12.0. The van der Waals surface area contributed by atoms with Gasteiger partial charge in [0.1, 0.15) is 5.60 Å². The molecule has 0 aromatic heterocycles. The molecule has 0 saturated heterocycles. The summed E-state index contributed by atoms with van der Waals surface area (Å²) in [6.45, 7) is 9.18. The number of rotatable bonds is 4. The van der Waals surface area contributed by atoms with Gasteiger partial charge in [0.15, 0.2) is 0 Å². The van der Waals surface area contributed by atoms with Crippen LogP contribution in [-0.4, -0.2) is 40.9 Å². The van der Waals surface area contributed by atoms with E-state index in [-0.39, 0.29) is 6.04 Å². The second-order valence-electron chi connectivity index (χ2n) is 6.69. The highest BCUT2D eigenvalue weighted by Crippen LogP contribution is 2.19. The van der Waals surface area contributed by atoms with Crippen molar-refractivity contribution in [3.05, 3.63) is 34.3 Å². The molecule has 1 rings (SSSR count). The number of halogens is 1. The van der Waals surface area contributed by atoms with Gasteiger partial charge in [-0.3, -0.25) is 0 Å². The second-order valence-corrected chi connectivity index (χ2v) is 7.09. The third-order valence-corrected chi connectivity index (χ3v) is 3.94. The SMILES string of the molecule is Cc1cc(CC(O)C(C)N(C)C(=O)OC(C)(C)C)ccc1Cl. The lowest BCUT2D eigenvalue weighted by molar-refractivity contribution is 0.00564. The van der Waals surface area contributed by atoms with Crippen molar-refractivity contribution in [2.75, 3.05) is 7.05 Å². The molecule has 0 spiro atoms. The van der Waals surface area contributed by atoms with E-state index >= 15 is 0 Å². The Balaban J connectivity index is 2.69. The van der Waals surface area contributed by atoms with Gasteiger partial charge >= 0.3 is 6.09 Å². The zero-order chi connectivity index (χ0) is 17.1. The van der Waals surface area contributed by atoms with Crippen molar-refractivity contribution in [3.63, 3.8) is 0 Å². The summed E-state index contributed by atoms with van der Waals surface area (Å²) in [7, 11) is 1.63. The molecule has 4 nitrogen and oxygen atoms in total. The van der Waals surface area contributed by atoms with Gasteiger partial charge in [0.05, 0.1) is 12.1 Å². The van der Waals surface area contributed by atoms with E-state index in [1.54, 1.807) is 14.0 Å². The lowest BCUT2D eigenvalue weighted by Crippen LogP contribution is -2.45. The molecule has 0 saturated carbocycles. The minimum Gasteiger partial charge on any atom is -0.444 e. The first-order valence-electron chi connectivity index (χ1n) is 7.40. The molecule has 0 bridgehead atoms. The number of carbonyl (C=O) groups excluding carboxylic acids is 1. The number of benzene rings is 1. The summed E-state index contributed by atoms with van der Waals surface area (Å²) in [6, 6.07) is 5.30. The summed E-state index contributed by atoms with van der Waals surface area (Å²) < 4.78 is 5.31. The third-order valence-electron chi connectivity index (χ3n) is 3.52. The number of hydrogen-bond acceptors (Lipinski definition) is 3. The fourth-order valence-corrected chi connectivity index (χ4v) is 2.12. The molecule has 124 valence electrons. The third kappa shape index (κ3) is 5.50. The maximum absolute atomic E-state index is 12.0. The Kier molecular flexibility index (Phi) is 6.27. The van der Waals surface area contributed by atoms with E-state index in [0.29, 0.717) is 11.4 Å². The van der Waals surface area contributed by atoms with Gasteiger partial charge in [0.2, 0.25) is 0 Å². The van der Waals surface area contributed by atoms with Gasteiger partial charge in [-0.25, -0.2) is 4.79 Å². The van der Waals surface area contributed by atoms with Crippen molar-refractivity contribution in [1.29, 1.82) is 0 Å². The minimum absolute atomic E-state index is 0.356. The summed E-state index contributed by atoms with van der Waals surface area (Å²) in [5.41, 5.74) is 1.40. The van der Waals surface area contributed by atoms with Gasteiger partial charge in [-0.2, -0.15) is 0 Å². The van der Waals surface area contributed by atoms with Gasteiger partial charge in [0.25, 0.3) is 0 Å². The molecular formula is C17H26ClNO3. The number of aryl methyl sites for hydroxylation is 1. The van der Waals surface area contributed by atoms with E-state index < -0.39 is 17.8 Å². The van der Waals surface area contributed by atoms with Crippen molar-refractivity contribution >= 4 is 17.7 Å². The molecule has 1 amide bonds. The molecule has 0 aliphatic rings.